The van der Waals surface area contributed by atoms with Gasteiger partial charge in [0.2, 0.25) is 0 Å². The molecule has 3 N–H and O–H groups in total. The zero-order valence-electron chi connectivity index (χ0n) is 14.4. The first kappa shape index (κ1) is 19.6. The standard InChI is InChI=1S/C20H24FNO2S/c1-20(22,15-23)12-11-19-10-9-18(25-19)4-2-3-13-24-14-16-5-7-17(21)8-6-16/h5-10,23H,4,11-15,22H2,1H3. The van der Waals surface area contributed by atoms with Gasteiger partial charge in [-0.15, -0.1) is 11.3 Å². The Morgan fingerprint density at radius 2 is 1.88 bits per heavy atom. The molecule has 1 atom stereocenters. The fraction of sp³-hybridized carbons (Fsp3) is 0.400. The van der Waals surface area contributed by atoms with E-state index in [1.165, 1.54) is 21.9 Å². The molecule has 0 saturated heterocycles. The van der Waals surface area contributed by atoms with Crippen molar-refractivity contribution in [1.29, 1.82) is 0 Å². The van der Waals surface area contributed by atoms with Gasteiger partial charge in [0.1, 0.15) is 12.4 Å². The van der Waals surface area contributed by atoms with Gasteiger partial charge in [0.15, 0.2) is 0 Å². The average molecular weight is 361 g/mol. The van der Waals surface area contributed by atoms with Crippen LogP contribution in [-0.4, -0.2) is 23.9 Å². The van der Waals surface area contributed by atoms with E-state index in [0.717, 1.165) is 18.4 Å². The van der Waals surface area contributed by atoms with E-state index >= 15 is 0 Å². The first-order chi connectivity index (χ1) is 12.0. The predicted octanol–water partition coefficient (Wildman–Crippen LogP) is 3.29. The Kier molecular flexibility index (Phi) is 7.60. The quantitative estimate of drug-likeness (QED) is 0.560. The second-order valence-electron chi connectivity index (χ2n) is 6.33. The van der Waals surface area contributed by atoms with Crippen molar-refractivity contribution in [1.82, 2.24) is 0 Å². The fourth-order valence-electron chi connectivity index (χ4n) is 2.14. The van der Waals surface area contributed by atoms with Crippen molar-refractivity contribution in [3.63, 3.8) is 0 Å². The number of ether oxygens (including phenoxy) is 1. The number of benzene rings is 1. The minimum absolute atomic E-state index is 0.00533. The molecule has 0 radical (unpaired) electrons. The van der Waals surface area contributed by atoms with Gasteiger partial charge >= 0.3 is 0 Å². The number of aryl methyl sites for hydroxylation is 1. The Bertz CT molecular complexity index is 713. The van der Waals surface area contributed by atoms with Crippen molar-refractivity contribution in [3.05, 3.63) is 57.5 Å². The number of nitrogens with two attached hydrogens (primary N) is 1. The van der Waals surface area contributed by atoms with E-state index in [2.05, 4.69) is 24.0 Å². The number of aliphatic hydroxyl groups is 1. The van der Waals surface area contributed by atoms with Crippen LogP contribution in [0.5, 0.6) is 0 Å². The molecule has 0 aliphatic rings. The Hall–Kier alpha value is -1.71. The van der Waals surface area contributed by atoms with Gasteiger partial charge in [-0.3, -0.25) is 0 Å². The highest BCUT2D eigenvalue weighted by molar-refractivity contribution is 7.12. The lowest BCUT2D eigenvalue weighted by Crippen LogP contribution is -2.40. The number of hydrogen-bond donors (Lipinski definition) is 2. The van der Waals surface area contributed by atoms with Crippen LogP contribution in [0.4, 0.5) is 4.39 Å². The van der Waals surface area contributed by atoms with Gasteiger partial charge in [-0.2, -0.15) is 0 Å². The topological polar surface area (TPSA) is 55.5 Å². The number of thiophene rings is 1. The Labute approximate surface area is 152 Å². The molecule has 2 aromatic rings. The minimum Gasteiger partial charge on any atom is -0.394 e. The van der Waals surface area contributed by atoms with Crippen LogP contribution in [-0.2, 0) is 24.2 Å². The second-order valence-corrected chi connectivity index (χ2v) is 7.58. The monoisotopic (exact) mass is 361 g/mol. The molecule has 0 amide bonds. The summed E-state index contributed by atoms with van der Waals surface area (Å²) in [7, 11) is 0. The molecule has 25 heavy (non-hydrogen) atoms. The molecule has 2 rings (SSSR count). The van der Waals surface area contributed by atoms with Gasteiger partial charge in [0.05, 0.1) is 13.2 Å². The maximum atomic E-state index is 12.8. The van der Waals surface area contributed by atoms with Crippen LogP contribution in [0.1, 0.15) is 28.7 Å². The summed E-state index contributed by atoms with van der Waals surface area (Å²) in [5.41, 5.74) is 6.36. The SMILES string of the molecule is CC(N)(CO)CCc1ccc(CC#CCOCc2ccc(F)cc2)s1. The highest BCUT2D eigenvalue weighted by atomic mass is 32.1. The maximum Gasteiger partial charge on any atom is 0.123 e. The molecular weight excluding hydrogens is 337 g/mol. The number of hydrogen-bond acceptors (Lipinski definition) is 4. The van der Waals surface area contributed by atoms with E-state index in [-0.39, 0.29) is 12.4 Å². The molecule has 0 fully saturated rings. The van der Waals surface area contributed by atoms with Crippen LogP contribution in [0.3, 0.4) is 0 Å². The summed E-state index contributed by atoms with van der Waals surface area (Å²) in [6.07, 6.45) is 2.32. The lowest BCUT2D eigenvalue weighted by atomic mass is 9.98. The molecule has 1 unspecified atom stereocenters. The van der Waals surface area contributed by atoms with Crippen LogP contribution >= 0.6 is 11.3 Å². The fourth-order valence-corrected chi connectivity index (χ4v) is 3.10. The van der Waals surface area contributed by atoms with Crippen molar-refractivity contribution in [2.45, 2.75) is 38.3 Å². The molecule has 1 heterocycles. The summed E-state index contributed by atoms with van der Waals surface area (Å²) in [4.78, 5) is 2.47. The van der Waals surface area contributed by atoms with Crippen molar-refractivity contribution in [3.8, 4) is 11.8 Å². The molecule has 1 aromatic carbocycles. The summed E-state index contributed by atoms with van der Waals surface area (Å²) in [5, 5.41) is 9.18. The Morgan fingerprint density at radius 1 is 1.16 bits per heavy atom. The highest BCUT2D eigenvalue weighted by Gasteiger charge is 2.16. The molecule has 0 aliphatic carbocycles. The van der Waals surface area contributed by atoms with Crippen LogP contribution in [0.15, 0.2) is 36.4 Å². The largest absolute Gasteiger partial charge is 0.394 e. The molecule has 0 spiro atoms. The highest BCUT2D eigenvalue weighted by Crippen LogP contribution is 2.20. The van der Waals surface area contributed by atoms with E-state index < -0.39 is 5.54 Å². The van der Waals surface area contributed by atoms with Crippen LogP contribution in [0, 0.1) is 17.7 Å². The molecule has 0 saturated carbocycles. The number of aliphatic hydroxyl groups excluding tert-OH is 1. The summed E-state index contributed by atoms with van der Waals surface area (Å²) in [5.74, 6) is 5.86. The summed E-state index contributed by atoms with van der Waals surface area (Å²) in [6.45, 7) is 2.64. The molecule has 5 heteroatoms. The van der Waals surface area contributed by atoms with Gasteiger partial charge in [0, 0.05) is 21.7 Å². The lowest BCUT2D eigenvalue weighted by Gasteiger charge is -2.20. The third kappa shape index (κ3) is 7.37. The van der Waals surface area contributed by atoms with Gasteiger partial charge < -0.3 is 15.6 Å². The second kappa shape index (κ2) is 9.69. The molecule has 3 nitrogen and oxygen atoms in total. The molecule has 0 aliphatic heterocycles. The van der Waals surface area contributed by atoms with Gasteiger partial charge in [-0.1, -0.05) is 24.0 Å². The van der Waals surface area contributed by atoms with E-state index in [0.29, 0.717) is 19.6 Å². The lowest BCUT2D eigenvalue weighted by molar-refractivity contribution is 0.153. The predicted molar refractivity (Wildman–Crippen MR) is 99.9 cm³/mol. The maximum absolute atomic E-state index is 12.8. The van der Waals surface area contributed by atoms with E-state index in [9.17, 15) is 9.50 Å². The average Bonchev–Trinajstić information content (AvgIpc) is 3.06. The zero-order valence-corrected chi connectivity index (χ0v) is 15.2. The third-order valence-electron chi connectivity index (χ3n) is 3.76. The minimum atomic E-state index is -0.522. The number of rotatable bonds is 8. The molecule has 1 aromatic heterocycles. The smallest absolute Gasteiger partial charge is 0.123 e. The van der Waals surface area contributed by atoms with E-state index in [1.807, 2.05) is 6.92 Å². The summed E-state index contributed by atoms with van der Waals surface area (Å²) >= 11 is 1.73. The summed E-state index contributed by atoms with van der Waals surface area (Å²) in [6, 6.07) is 10.4. The van der Waals surface area contributed by atoms with Gasteiger partial charge in [-0.05, 0) is 49.6 Å². The van der Waals surface area contributed by atoms with Crippen molar-refractivity contribution in [2.24, 2.45) is 5.73 Å². The normalized spacial score (nSPS) is 13.1. The van der Waals surface area contributed by atoms with Crippen LogP contribution in [0.25, 0.3) is 0 Å². The van der Waals surface area contributed by atoms with Crippen molar-refractivity contribution >= 4 is 11.3 Å². The number of halogens is 1. The summed E-state index contributed by atoms with van der Waals surface area (Å²) < 4.78 is 18.2. The third-order valence-corrected chi connectivity index (χ3v) is 4.91. The Morgan fingerprint density at radius 3 is 2.60 bits per heavy atom. The first-order valence-corrected chi connectivity index (χ1v) is 9.05. The van der Waals surface area contributed by atoms with Gasteiger partial charge in [-0.25, -0.2) is 4.39 Å². The van der Waals surface area contributed by atoms with Crippen LogP contribution in [0.2, 0.25) is 0 Å². The van der Waals surface area contributed by atoms with Crippen LogP contribution < -0.4 is 5.73 Å². The molecule has 134 valence electrons. The van der Waals surface area contributed by atoms with E-state index in [4.69, 9.17) is 10.5 Å². The van der Waals surface area contributed by atoms with E-state index in [1.54, 1.807) is 23.5 Å². The first-order valence-electron chi connectivity index (χ1n) is 8.24. The zero-order chi connectivity index (χ0) is 18.1. The van der Waals surface area contributed by atoms with Gasteiger partial charge in [0.25, 0.3) is 0 Å². The molecule has 0 bridgehead atoms. The molecular formula is C20H24FNO2S. The Balaban J connectivity index is 1.68. The van der Waals surface area contributed by atoms with Crippen molar-refractivity contribution < 1.29 is 14.2 Å². The van der Waals surface area contributed by atoms with Crippen molar-refractivity contribution in [2.75, 3.05) is 13.2 Å².